The lowest BCUT2D eigenvalue weighted by Gasteiger charge is -2.14. The van der Waals surface area contributed by atoms with Crippen LogP contribution in [0.15, 0.2) is 30.3 Å². The minimum absolute atomic E-state index is 0.228. The average Bonchev–Trinajstić information content (AvgIpc) is 2.60. The van der Waals surface area contributed by atoms with Crippen LogP contribution in [0.1, 0.15) is 5.56 Å². The monoisotopic (exact) mass is 202 g/mol. The third-order valence-electron chi connectivity index (χ3n) is 2.78. The molecule has 1 saturated heterocycles. The van der Waals surface area contributed by atoms with Gasteiger partial charge < -0.3 is 5.11 Å². The van der Waals surface area contributed by atoms with Crippen LogP contribution in [0.3, 0.4) is 0 Å². The van der Waals surface area contributed by atoms with E-state index in [2.05, 4.69) is 23.1 Å². The van der Waals surface area contributed by atoms with Crippen molar-refractivity contribution >= 4 is 0 Å². The van der Waals surface area contributed by atoms with Crippen LogP contribution in [0.4, 0.5) is 0 Å². The van der Waals surface area contributed by atoms with E-state index < -0.39 is 6.10 Å². The second kappa shape index (κ2) is 4.43. The first-order valence-electron chi connectivity index (χ1n) is 5.13. The predicted molar refractivity (Wildman–Crippen MR) is 56.8 cm³/mol. The van der Waals surface area contributed by atoms with E-state index in [1.165, 1.54) is 5.56 Å². The van der Waals surface area contributed by atoms with Gasteiger partial charge in [-0.15, -0.1) is 0 Å². The van der Waals surface area contributed by atoms with E-state index in [1.54, 1.807) is 0 Å². The lowest BCUT2D eigenvalue weighted by atomic mass is 10.1. The summed E-state index contributed by atoms with van der Waals surface area (Å²) in [6.07, 6.45) is -0.487. The molecule has 0 saturated carbocycles. The summed E-state index contributed by atoms with van der Waals surface area (Å²) in [5, 5.41) is 18.4. The Morgan fingerprint density at radius 3 is 2.67 bits per heavy atom. The number of aliphatic hydroxyl groups is 1. The predicted octanol–water partition coefficient (Wildman–Crippen LogP) is 1.00. The highest BCUT2D eigenvalue weighted by Crippen LogP contribution is 2.18. The number of hydrogen-bond donors (Lipinski definition) is 1. The number of aliphatic hydroxyl groups excluding tert-OH is 1. The Hall–Kier alpha value is -1.37. The smallest absolute Gasteiger partial charge is 0.0862 e. The highest BCUT2D eigenvalue weighted by Gasteiger charge is 2.30. The fourth-order valence-corrected chi connectivity index (χ4v) is 1.96. The van der Waals surface area contributed by atoms with Crippen molar-refractivity contribution in [3.63, 3.8) is 0 Å². The number of nitriles is 1. The maximum Gasteiger partial charge on any atom is 0.0862 e. The highest BCUT2D eigenvalue weighted by atomic mass is 16.3. The van der Waals surface area contributed by atoms with Crippen molar-refractivity contribution in [1.29, 1.82) is 5.26 Å². The molecule has 15 heavy (non-hydrogen) atoms. The molecule has 0 radical (unpaired) electrons. The number of likely N-dealkylation sites (tertiary alicyclic amines) is 1. The van der Waals surface area contributed by atoms with Crippen molar-refractivity contribution in [3.8, 4) is 6.07 Å². The second-order valence-corrected chi connectivity index (χ2v) is 3.98. The molecule has 2 rings (SSSR count). The third-order valence-corrected chi connectivity index (χ3v) is 2.78. The van der Waals surface area contributed by atoms with Gasteiger partial charge in [0.2, 0.25) is 0 Å². The van der Waals surface area contributed by atoms with Crippen LogP contribution in [0, 0.1) is 17.2 Å². The molecule has 0 unspecified atom stereocenters. The fraction of sp³-hybridized carbons (Fsp3) is 0.417. The Labute approximate surface area is 89.6 Å². The number of rotatable bonds is 2. The molecule has 3 nitrogen and oxygen atoms in total. The summed E-state index contributed by atoms with van der Waals surface area (Å²) in [6.45, 7) is 2.09. The van der Waals surface area contributed by atoms with Crippen molar-refractivity contribution in [2.75, 3.05) is 13.1 Å². The number of β-amino-alcohol motifs (C(OH)–C–C–N with tert-alkyl or cyclic N) is 1. The van der Waals surface area contributed by atoms with Gasteiger partial charge in [-0.3, -0.25) is 4.90 Å². The number of hydrogen-bond acceptors (Lipinski definition) is 3. The van der Waals surface area contributed by atoms with E-state index in [9.17, 15) is 5.11 Å². The molecule has 3 heteroatoms. The van der Waals surface area contributed by atoms with Gasteiger partial charge in [0.15, 0.2) is 0 Å². The molecular formula is C12H14N2O. The second-order valence-electron chi connectivity index (χ2n) is 3.98. The molecule has 1 heterocycles. The van der Waals surface area contributed by atoms with Gasteiger partial charge in [-0.05, 0) is 5.56 Å². The van der Waals surface area contributed by atoms with Crippen LogP contribution in [0.25, 0.3) is 0 Å². The average molecular weight is 202 g/mol. The van der Waals surface area contributed by atoms with Crippen LogP contribution < -0.4 is 0 Å². The largest absolute Gasteiger partial charge is 0.390 e. The van der Waals surface area contributed by atoms with Gasteiger partial charge in [-0.1, -0.05) is 30.3 Å². The minimum atomic E-state index is -0.487. The Kier molecular flexibility index (Phi) is 3.00. The molecule has 1 fully saturated rings. The fourth-order valence-electron chi connectivity index (χ4n) is 1.96. The maximum absolute atomic E-state index is 9.57. The van der Waals surface area contributed by atoms with E-state index >= 15 is 0 Å². The van der Waals surface area contributed by atoms with Crippen molar-refractivity contribution in [3.05, 3.63) is 35.9 Å². The zero-order valence-corrected chi connectivity index (χ0v) is 8.50. The standard InChI is InChI=1S/C12H14N2O/c13-6-11-8-14(9-12(11)15)7-10-4-2-1-3-5-10/h1-5,11-12,15H,7-9H2/t11-,12-/m1/s1. The Morgan fingerprint density at radius 1 is 1.33 bits per heavy atom. The first-order chi connectivity index (χ1) is 7.29. The van der Waals surface area contributed by atoms with Crippen molar-refractivity contribution in [2.24, 2.45) is 5.92 Å². The van der Waals surface area contributed by atoms with Crippen LogP contribution in [-0.4, -0.2) is 29.2 Å². The van der Waals surface area contributed by atoms with Gasteiger partial charge in [0.05, 0.1) is 18.1 Å². The van der Waals surface area contributed by atoms with E-state index in [0.29, 0.717) is 13.1 Å². The summed E-state index contributed by atoms with van der Waals surface area (Å²) >= 11 is 0. The van der Waals surface area contributed by atoms with E-state index in [4.69, 9.17) is 5.26 Å². The van der Waals surface area contributed by atoms with Gasteiger partial charge in [-0.25, -0.2) is 0 Å². The quantitative estimate of drug-likeness (QED) is 0.778. The number of benzene rings is 1. The first-order valence-corrected chi connectivity index (χ1v) is 5.13. The molecule has 0 spiro atoms. The zero-order chi connectivity index (χ0) is 10.7. The summed E-state index contributed by atoms with van der Waals surface area (Å²) in [5.74, 6) is -0.228. The van der Waals surface area contributed by atoms with Gasteiger partial charge in [0.1, 0.15) is 0 Å². The molecule has 0 amide bonds. The number of nitrogens with zero attached hydrogens (tertiary/aromatic N) is 2. The summed E-state index contributed by atoms with van der Waals surface area (Å²) in [7, 11) is 0. The normalized spacial score (nSPS) is 26.4. The van der Waals surface area contributed by atoms with Crippen LogP contribution in [0.5, 0.6) is 0 Å². The highest BCUT2D eigenvalue weighted by molar-refractivity contribution is 5.15. The Morgan fingerprint density at radius 2 is 2.07 bits per heavy atom. The van der Waals surface area contributed by atoms with Gasteiger partial charge in [-0.2, -0.15) is 5.26 Å². The summed E-state index contributed by atoms with van der Waals surface area (Å²) < 4.78 is 0. The summed E-state index contributed by atoms with van der Waals surface area (Å²) in [6, 6.07) is 12.3. The molecule has 0 aromatic heterocycles. The van der Waals surface area contributed by atoms with Gasteiger partial charge in [0, 0.05) is 19.6 Å². The first kappa shape index (κ1) is 10.2. The zero-order valence-electron chi connectivity index (χ0n) is 8.50. The molecule has 0 bridgehead atoms. The van der Waals surface area contributed by atoms with E-state index in [1.807, 2.05) is 18.2 Å². The summed E-state index contributed by atoms with van der Waals surface area (Å²) in [4.78, 5) is 2.12. The van der Waals surface area contributed by atoms with E-state index in [0.717, 1.165) is 6.54 Å². The lowest BCUT2D eigenvalue weighted by molar-refractivity contribution is 0.158. The van der Waals surface area contributed by atoms with Crippen molar-refractivity contribution in [2.45, 2.75) is 12.6 Å². The molecule has 2 atom stereocenters. The molecule has 1 aromatic rings. The minimum Gasteiger partial charge on any atom is -0.390 e. The maximum atomic E-state index is 9.57. The topological polar surface area (TPSA) is 47.3 Å². The van der Waals surface area contributed by atoms with Gasteiger partial charge in [0.25, 0.3) is 0 Å². The summed E-state index contributed by atoms with van der Waals surface area (Å²) in [5.41, 5.74) is 1.23. The van der Waals surface area contributed by atoms with Gasteiger partial charge >= 0.3 is 0 Å². The van der Waals surface area contributed by atoms with E-state index in [-0.39, 0.29) is 5.92 Å². The third kappa shape index (κ3) is 2.35. The molecule has 1 aliphatic heterocycles. The van der Waals surface area contributed by atoms with Crippen LogP contribution in [-0.2, 0) is 6.54 Å². The molecule has 1 aromatic carbocycles. The molecule has 1 N–H and O–H groups in total. The molecule has 0 aliphatic carbocycles. The molecular weight excluding hydrogens is 188 g/mol. The Balaban J connectivity index is 1.96. The Bertz CT molecular complexity index is 358. The van der Waals surface area contributed by atoms with Crippen LogP contribution >= 0.6 is 0 Å². The molecule has 78 valence electrons. The van der Waals surface area contributed by atoms with Crippen molar-refractivity contribution < 1.29 is 5.11 Å². The SMILES string of the molecule is N#C[C@@H]1CN(Cc2ccccc2)C[C@H]1O. The lowest BCUT2D eigenvalue weighted by Crippen LogP contribution is -2.21. The van der Waals surface area contributed by atoms with Crippen molar-refractivity contribution in [1.82, 2.24) is 4.90 Å². The molecule has 1 aliphatic rings. The van der Waals surface area contributed by atoms with Crippen LogP contribution in [0.2, 0.25) is 0 Å².